The van der Waals surface area contributed by atoms with Gasteiger partial charge in [-0.25, -0.2) is 12.8 Å². The van der Waals surface area contributed by atoms with Crippen molar-refractivity contribution in [1.29, 1.82) is 0 Å². The highest BCUT2D eigenvalue weighted by Crippen LogP contribution is 2.24. The van der Waals surface area contributed by atoms with Gasteiger partial charge < -0.3 is 5.32 Å². The maximum atomic E-state index is 13.2. The number of amides is 1. The van der Waals surface area contributed by atoms with Crippen LogP contribution >= 0.6 is 0 Å². The molecule has 1 aliphatic rings. The fraction of sp³-hybridized carbons (Fsp3) is 0.611. The van der Waals surface area contributed by atoms with Crippen molar-refractivity contribution >= 4 is 21.6 Å². The normalized spacial score (nSPS) is 17.6. The first-order valence-electron chi connectivity index (χ1n) is 8.88. The van der Waals surface area contributed by atoms with Gasteiger partial charge in [0.1, 0.15) is 11.9 Å². The van der Waals surface area contributed by atoms with E-state index in [-0.39, 0.29) is 11.9 Å². The van der Waals surface area contributed by atoms with E-state index in [1.54, 1.807) is 6.92 Å². The fourth-order valence-corrected chi connectivity index (χ4v) is 4.58. The van der Waals surface area contributed by atoms with E-state index in [4.69, 9.17) is 0 Å². The van der Waals surface area contributed by atoms with E-state index in [1.165, 1.54) is 37.1 Å². The number of sulfonamides is 1. The third-order valence-corrected chi connectivity index (χ3v) is 5.79. The highest BCUT2D eigenvalue weighted by molar-refractivity contribution is 7.92. The zero-order chi connectivity index (χ0) is 18.4. The number of halogens is 1. The van der Waals surface area contributed by atoms with Crippen LogP contribution in [0.3, 0.4) is 0 Å². The van der Waals surface area contributed by atoms with Crippen LogP contribution < -0.4 is 9.62 Å². The molecule has 1 saturated carbocycles. The van der Waals surface area contributed by atoms with Crippen molar-refractivity contribution in [2.75, 3.05) is 10.6 Å². The second-order valence-electron chi connectivity index (χ2n) is 6.66. The molecule has 0 unspecified atom stereocenters. The second-order valence-corrected chi connectivity index (χ2v) is 8.52. The maximum absolute atomic E-state index is 13.2. The number of rotatable bonds is 6. The summed E-state index contributed by atoms with van der Waals surface area (Å²) in [5.41, 5.74) is 0.298. The average Bonchev–Trinajstić information content (AvgIpc) is 2.81. The summed E-state index contributed by atoms with van der Waals surface area (Å²) in [6, 6.07) is 4.42. The largest absolute Gasteiger partial charge is 0.352 e. The lowest BCUT2D eigenvalue weighted by molar-refractivity contribution is -0.123. The molecule has 1 fully saturated rings. The standard InChI is InChI=1S/C18H27FN2O3S/c1-3-17(18(22)20-15-8-6-4-5-7-9-15)21(25(2,23)24)16-12-10-14(19)11-13-16/h10-13,15,17H,3-9H2,1-2H3,(H,20,22)/t17-/m1/s1. The Morgan fingerprint density at radius 3 is 2.24 bits per heavy atom. The van der Waals surface area contributed by atoms with E-state index in [0.29, 0.717) is 12.1 Å². The summed E-state index contributed by atoms with van der Waals surface area (Å²) in [5.74, 6) is -0.739. The molecule has 1 aromatic carbocycles. The number of nitrogens with zero attached hydrogens (tertiary/aromatic N) is 1. The van der Waals surface area contributed by atoms with Crippen LogP contribution in [0.2, 0.25) is 0 Å². The Morgan fingerprint density at radius 1 is 1.20 bits per heavy atom. The van der Waals surface area contributed by atoms with Gasteiger partial charge in [-0.05, 0) is 43.5 Å². The third-order valence-electron chi connectivity index (χ3n) is 4.61. The van der Waals surface area contributed by atoms with Gasteiger partial charge in [0.15, 0.2) is 0 Å². The van der Waals surface area contributed by atoms with Crippen molar-refractivity contribution in [3.8, 4) is 0 Å². The number of nitrogens with one attached hydrogen (secondary N) is 1. The molecule has 5 nitrogen and oxygen atoms in total. The monoisotopic (exact) mass is 370 g/mol. The summed E-state index contributed by atoms with van der Waals surface area (Å²) in [6.07, 6.45) is 7.77. The van der Waals surface area contributed by atoms with Gasteiger partial charge in [-0.3, -0.25) is 9.10 Å². The van der Waals surface area contributed by atoms with Gasteiger partial charge in [-0.2, -0.15) is 0 Å². The smallest absolute Gasteiger partial charge is 0.244 e. The molecule has 0 spiro atoms. The van der Waals surface area contributed by atoms with Crippen molar-refractivity contribution in [3.63, 3.8) is 0 Å². The van der Waals surface area contributed by atoms with Gasteiger partial charge in [0.25, 0.3) is 0 Å². The topological polar surface area (TPSA) is 66.5 Å². The van der Waals surface area contributed by atoms with E-state index in [0.717, 1.165) is 36.2 Å². The van der Waals surface area contributed by atoms with E-state index >= 15 is 0 Å². The zero-order valence-corrected chi connectivity index (χ0v) is 15.7. The highest BCUT2D eigenvalue weighted by atomic mass is 32.2. The summed E-state index contributed by atoms with van der Waals surface area (Å²) < 4.78 is 38.9. The Labute approximate surface area is 149 Å². The molecule has 0 bridgehead atoms. The molecule has 0 aliphatic heterocycles. The number of anilines is 1. The lowest BCUT2D eigenvalue weighted by Crippen LogP contribution is -2.51. The predicted octanol–water partition coefficient (Wildman–Crippen LogP) is 3.21. The maximum Gasteiger partial charge on any atom is 0.244 e. The second kappa shape index (κ2) is 8.65. The van der Waals surface area contributed by atoms with Gasteiger partial charge in [0.2, 0.25) is 15.9 Å². The average molecular weight is 370 g/mol. The van der Waals surface area contributed by atoms with Crippen molar-refractivity contribution in [3.05, 3.63) is 30.1 Å². The van der Waals surface area contributed by atoms with Gasteiger partial charge in [-0.1, -0.05) is 32.6 Å². The fourth-order valence-electron chi connectivity index (χ4n) is 3.37. The van der Waals surface area contributed by atoms with Crippen LogP contribution in [0.4, 0.5) is 10.1 Å². The van der Waals surface area contributed by atoms with Crippen molar-refractivity contribution in [2.45, 2.75) is 64.0 Å². The number of hydrogen-bond donors (Lipinski definition) is 1. The Hall–Kier alpha value is -1.63. The molecule has 1 aromatic rings. The van der Waals surface area contributed by atoms with E-state index in [2.05, 4.69) is 5.32 Å². The first-order chi connectivity index (χ1) is 11.8. The summed E-state index contributed by atoms with van der Waals surface area (Å²) in [5, 5.41) is 3.02. The Kier molecular flexibility index (Phi) is 6.81. The Morgan fingerprint density at radius 2 is 1.76 bits per heavy atom. The highest BCUT2D eigenvalue weighted by Gasteiger charge is 2.32. The van der Waals surface area contributed by atoms with E-state index in [9.17, 15) is 17.6 Å². The van der Waals surface area contributed by atoms with Crippen LogP contribution in [0.25, 0.3) is 0 Å². The van der Waals surface area contributed by atoms with Crippen molar-refractivity contribution < 1.29 is 17.6 Å². The third kappa shape index (κ3) is 5.42. The van der Waals surface area contributed by atoms with Crippen LogP contribution in [-0.2, 0) is 14.8 Å². The lowest BCUT2D eigenvalue weighted by Gasteiger charge is -2.31. The Bertz CT molecular complexity index is 668. The summed E-state index contributed by atoms with van der Waals surface area (Å²) in [4.78, 5) is 12.8. The summed E-state index contributed by atoms with van der Waals surface area (Å²) >= 11 is 0. The van der Waals surface area contributed by atoms with Gasteiger partial charge >= 0.3 is 0 Å². The molecule has 1 atom stereocenters. The molecule has 1 N–H and O–H groups in total. The molecule has 1 aliphatic carbocycles. The molecule has 2 rings (SSSR count). The quantitative estimate of drug-likeness (QED) is 0.782. The van der Waals surface area contributed by atoms with Gasteiger partial charge in [0.05, 0.1) is 11.9 Å². The molecule has 140 valence electrons. The Balaban J connectivity index is 2.23. The molecule has 0 saturated heterocycles. The molecular weight excluding hydrogens is 343 g/mol. The predicted molar refractivity (Wildman–Crippen MR) is 97.4 cm³/mol. The molecule has 25 heavy (non-hydrogen) atoms. The van der Waals surface area contributed by atoms with E-state index in [1.807, 2.05) is 0 Å². The molecule has 0 heterocycles. The number of carbonyl (C=O) groups is 1. The number of hydrogen-bond acceptors (Lipinski definition) is 3. The van der Waals surface area contributed by atoms with Crippen molar-refractivity contribution in [1.82, 2.24) is 5.32 Å². The van der Waals surface area contributed by atoms with Crippen LogP contribution in [0, 0.1) is 5.82 Å². The molecule has 0 radical (unpaired) electrons. The van der Waals surface area contributed by atoms with Crippen LogP contribution in [0.5, 0.6) is 0 Å². The zero-order valence-electron chi connectivity index (χ0n) is 14.9. The first-order valence-corrected chi connectivity index (χ1v) is 10.7. The summed E-state index contributed by atoms with van der Waals surface area (Å²) in [6.45, 7) is 1.78. The van der Waals surface area contributed by atoms with E-state index < -0.39 is 21.9 Å². The molecule has 1 amide bonds. The SMILES string of the molecule is CC[C@H](C(=O)NC1CCCCCC1)N(c1ccc(F)cc1)S(C)(=O)=O. The van der Waals surface area contributed by atoms with Gasteiger partial charge in [0, 0.05) is 6.04 Å². The van der Waals surface area contributed by atoms with Gasteiger partial charge in [-0.15, -0.1) is 0 Å². The first kappa shape index (κ1) is 19.7. The summed E-state index contributed by atoms with van der Waals surface area (Å²) in [7, 11) is -3.69. The van der Waals surface area contributed by atoms with Crippen LogP contribution in [0.1, 0.15) is 51.9 Å². The van der Waals surface area contributed by atoms with Crippen LogP contribution in [-0.4, -0.2) is 32.7 Å². The minimum Gasteiger partial charge on any atom is -0.352 e. The molecular formula is C18H27FN2O3S. The molecule has 0 aromatic heterocycles. The number of benzene rings is 1. The van der Waals surface area contributed by atoms with Crippen LogP contribution in [0.15, 0.2) is 24.3 Å². The lowest BCUT2D eigenvalue weighted by atomic mass is 10.1. The van der Waals surface area contributed by atoms with Crippen molar-refractivity contribution in [2.24, 2.45) is 0 Å². The number of carbonyl (C=O) groups excluding carboxylic acids is 1. The minimum absolute atomic E-state index is 0.0960. The minimum atomic E-state index is -3.69. The molecule has 7 heteroatoms.